The third kappa shape index (κ3) is 1.98. The Balaban J connectivity index is 1.69. The van der Waals surface area contributed by atoms with Crippen molar-refractivity contribution < 1.29 is 34.4 Å². The Morgan fingerprint density at radius 3 is 2.72 bits per heavy atom. The predicted molar refractivity (Wildman–Crippen MR) is 100 cm³/mol. The first kappa shape index (κ1) is 19.7. The maximum Gasteiger partial charge on any atom is 0.302 e. The maximum absolute atomic E-state index is 13.4. The number of ether oxygens (including phenoxy) is 2. The van der Waals surface area contributed by atoms with Gasteiger partial charge in [0.2, 0.25) is 5.79 Å². The van der Waals surface area contributed by atoms with Crippen molar-refractivity contribution in [2.24, 2.45) is 34.0 Å². The Morgan fingerprint density at radius 1 is 1.31 bits per heavy atom. The lowest BCUT2D eigenvalue weighted by Crippen LogP contribution is -2.84. The van der Waals surface area contributed by atoms with Gasteiger partial charge in [0.15, 0.2) is 5.78 Å². The molecule has 0 unspecified atom stereocenters. The molecule has 6 rings (SSSR count). The molecule has 2 heterocycles. The summed E-state index contributed by atoms with van der Waals surface area (Å²) in [6.07, 6.45) is 0.743. The molecule has 4 saturated carbocycles. The maximum atomic E-state index is 13.4. The molecular formula is C22H30O7. The number of rotatable bonds is 2. The highest BCUT2D eigenvalue weighted by molar-refractivity contribution is 6.04. The molecule has 4 aliphatic carbocycles. The Labute approximate surface area is 170 Å². The average Bonchev–Trinajstić information content (AvgIpc) is 2.87. The van der Waals surface area contributed by atoms with Gasteiger partial charge in [0.25, 0.3) is 0 Å². The van der Waals surface area contributed by atoms with Gasteiger partial charge in [-0.05, 0) is 49.5 Å². The number of carbonyl (C=O) groups is 2. The lowest BCUT2D eigenvalue weighted by Gasteiger charge is -2.74. The van der Waals surface area contributed by atoms with E-state index in [9.17, 15) is 24.9 Å². The first-order valence-electron chi connectivity index (χ1n) is 10.6. The Bertz CT molecular complexity index is 809. The second-order valence-electron chi connectivity index (χ2n) is 10.4. The number of fused-ring (bicyclic) bond motifs is 2. The van der Waals surface area contributed by atoms with E-state index in [-0.39, 0.29) is 30.8 Å². The number of aliphatic hydroxyl groups excluding tert-OH is 2. The quantitative estimate of drug-likeness (QED) is 0.462. The number of Topliss-reactive ketones (excluding diaryl/α,β-unsaturated/α-hetero) is 1. The molecule has 29 heavy (non-hydrogen) atoms. The average molecular weight is 406 g/mol. The van der Waals surface area contributed by atoms with Gasteiger partial charge in [-0.15, -0.1) is 0 Å². The van der Waals surface area contributed by atoms with Crippen molar-refractivity contribution in [3.8, 4) is 0 Å². The van der Waals surface area contributed by atoms with Crippen molar-refractivity contribution in [2.45, 2.75) is 63.9 Å². The molecule has 2 saturated heterocycles. The molecule has 6 fully saturated rings. The minimum Gasteiger partial charge on any atom is -0.465 e. The topological polar surface area (TPSA) is 113 Å². The number of carbonyl (C=O) groups excluding carboxylic acids is 2. The number of ketones is 1. The standard InChI is InChI=1S/C22H30O7/c1-11-13-4-5-14-20-10-29-22(27,21(14,8-13)17(11)25)18(26)16(20)19(3,7-6-15(20)24)9-28-12(2)23/h13-16,18,24,26-27H,1,4-10H2,2-3H3/t13-,14+,15+,16-,18+,19+,20-,21+,22+/m1/s1. The minimum atomic E-state index is -2.02. The van der Waals surface area contributed by atoms with Crippen LogP contribution in [0.5, 0.6) is 0 Å². The van der Waals surface area contributed by atoms with Crippen LogP contribution in [0.2, 0.25) is 0 Å². The van der Waals surface area contributed by atoms with Crippen LogP contribution in [0, 0.1) is 34.0 Å². The van der Waals surface area contributed by atoms with Crippen molar-refractivity contribution in [1.82, 2.24) is 0 Å². The van der Waals surface area contributed by atoms with E-state index in [0.717, 1.165) is 6.42 Å². The summed E-state index contributed by atoms with van der Waals surface area (Å²) >= 11 is 0. The van der Waals surface area contributed by atoms with Gasteiger partial charge in [0.05, 0.1) is 24.7 Å². The molecule has 7 nitrogen and oxygen atoms in total. The van der Waals surface area contributed by atoms with Gasteiger partial charge in [-0.3, -0.25) is 9.59 Å². The van der Waals surface area contributed by atoms with E-state index < -0.39 is 46.1 Å². The highest BCUT2D eigenvalue weighted by Crippen LogP contribution is 2.76. The SMILES string of the molecule is C=C1C(=O)[C@]23C[C@H]1CC[C@H]2[C@@]12CO[C@@]3(O)[C@@H](O)[C@@H]1[C@](C)(COC(C)=O)CC[C@@H]2O. The van der Waals surface area contributed by atoms with E-state index in [1.54, 1.807) is 0 Å². The Morgan fingerprint density at radius 2 is 2.03 bits per heavy atom. The van der Waals surface area contributed by atoms with Crippen molar-refractivity contribution >= 4 is 11.8 Å². The number of aliphatic hydroxyl groups is 3. The molecule has 7 heteroatoms. The van der Waals surface area contributed by atoms with Crippen LogP contribution in [0.4, 0.5) is 0 Å². The lowest BCUT2D eigenvalue weighted by atomic mass is 9.36. The fourth-order valence-corrected chi connectivity index (χ4v) is 8.08. The summed E-state index contributed by atoms with van der Waals surface area (Å²) in [4.78, 5) is 24.9. The number of esters is 1. The van der Waals surface area contributed by atoms with Crippen LogP contribution in [0.25, 0.3) is 0 Å². The Hall–Kier alpha value is -1.28. The fourth-order valence-electron chi connectivity index (χ4n) is 8.08. The van der Waals surface area contributed by atoms with Crippen LogP contribution in [0.1, 0.15) is 46.0 Å². The molecule has 9 atom stereocenters. The molecule has 0 radical (unpaired) electrons. The van der Waals surface area contributed by atoms with E-state index in [1.165, 1.54) is 6.92 Å². The third-order valence-electron chi connectivity index (χ3n) is 9.25. The van der Waals surface area contributed by atoms with Crippen molar-refractivity contribution in [1.29, 1.82) is 0 Å². The summed E-state index contributed by atoms with van der Waals surface area (Å²) in [5, 5.41) is 34.6. The summed E-state index contributed by atoms with van der Waals surface area (Å²) in [6, 6.07) is 0. The smallest absolute Gasteiger partial charge is 0.302 e. The summed E-state index contributed by atoms with van der Waals surface area (Å²) in [7, 11) is 0. The second kappa shape index (κ2) is 5.69. The monoisotopic (exact) mass is 406 g/mol. The molecular weight excluding hydrogens is 376 g/mol. The predicted octanol–water partition coefficient (Wildman–Crippen LogP) is 0.948. The van der Waals surface area contributed by atoms with Crippen LogP contribution in [0.15, 0.2) is 12.2 Å². The van der Waals surface area contributed by atoms with Crippen molar-refractivity contribution in [3.05, 3.63) is 12.2 Å². The molecule has 6 aliphatic rings. The number of hydrogen-bond donors (Lipinski definition) is 3. The molecule has 0 aromatic rings. The Kier molecular flexibility index (Phi) is 3.86. The molecule has 160 valence electrons. The van der Waals surface area contributed by atoms with Gasteiger partial charge < -0.3 is 24.8 Å². The first-order valence-corrected chi connectivity index (χ1v) is 10.6. The highest BCUT2D eigenvalue weighted by Gasteiger charge is 2.84. The van der Waals surface area contributed by atoms with Gasteiger partial charge in [-0.2, -0.15) is 0 Å². The van der Waals surface area contributed by atoms with Crippen LogP contribution in [-0.2, 0) is 19.1 Å². The molecule has 3 N–H and O–H groups in total. The highest BCUT2D eigenvalue weighted by atomic mass is 16.6. The zero-order valence-electron chi connectivity index (χ0n) is 17.0. The van der Waals surface area contributed by atoms with E-state index in [4.69, 9.17) is 9.47 Å². The van der Waals surface area contributed by atoms with Crippen LogP contribution in [-0.4, -0.2) is 58.3 Å². The normalized spacial score (nSPS) is 55.4. The van der Waals surface area contributed by atoms with E-state index in [2.05, 4.69) is 6.58 Å². The zero-order chi connectivity index (χ0) is 21.0. The van der Waals surface area contributed by atoms with Crippen molar-refractivity contribution in [2.75, 3.05) is 13.2 Å². The minimum absolute atomic E-state index is 0.0130. The molecule has 0 aromatic heterocycles. The van der Waals surface area contributed by atoms with E-state index in [0.29, 0.717) is 31.3 Å². The van der Waals surface area contributed by atoms with Gasteiger partial charge in [-0.25, -0.2) is 0 Å². The van der Waals surface area contributed by atoms with Gasteiger partial charge in [0, 0.05) is 23.7 Å². The lowest BCUT2D eigenvalue weighted by molar-refractivity contribution is -0.450. The van der Waals surface area contributed by atoms with Crippen LogP contribution in [0.3, 0.4) is 0 Å². The third-order valence-corrected chi connectivity index (χ3v) is 9.25. The largest absolute Gasteiger partial charge is 0.465 e. The molecule has 0 amide bonds. The number of hydrogen-bond acceptors (Lipinski definition) is 7. The first-order chi connectivity index (χ1) is 13.5. The zero-order valence-corrected chi connectivity index (χ0v) is 17.0. The summed E-state index contributed by atoms with van der Waals surface area (Å²) in [5.41, 5.74) is -2.27. The second-order valence-corrected chi connectivity index (χ2v) is 10.4. The van der Waals surface area contributed by atoms with Crippen LogP contribution >= 0.6 is 0 Å². The van der Waals surface area contributed by atoms with Crippen molar-refractivity contribution in [3.63, 3.8) is 0 Å². The van der Waals surface area contributed by atoms with E-state index in [1.807, 2.05) is 6.92 Å². The molecule has 0 aromatic carbocycles. The summed E-state index contributed by atoms with van der Waals surface area (Å²) in [5.74, 6) is -3.52. The molecule has 4 bridgehead atoms. The summed E-state index contributed by atoms with van der Waals surface area (Å²) < 4.78 is 11.3. The molecule has 2 aliphatic heterocycles. The van der Waals surface area contributed by atoms with Gasteiger partial charge in [-0.1, -0.05) is 13.5 Å². The number of allylic oxidation sites excluding steroid dienone is 1. The molecule has 2 spiro atoms. The van der Waals surface area contributed by atoms with Gasteiger partial charge >= 0.3 is 5.97 Å². The van der Waals surface area contributed by atoms with Gasteiger partial charge in [0.1, 0.15) is 6.10 Å². The van der Waals surface area contributed by atoms with Crippen LogP contribution < -0.4 is 0 Å². The van der Waals surface area contributed by atoms with E-state index >= 15 is 0 Å². The fraction of sp³-hybridized carbons (Fsp3) is 0.818. The summed E-state index contributed by atoms with van der Waals surface area (Å²) in [6.45, 7) is 7.44.